The van der Waals surface area contributed by atoms with Crippen LogP contribution in [-0.4, -0.2) is 18.5 Å². The van der Waals surface area contributed by atoms with Crippen LogP contribution in [0.25, 0.3) is 0 Å². The van der Waals surface area contributed by atoms with Crippen LogP contribution in [0.2, 0.25) is 0 Å². The Kier molecular flexibility index (Phi) is 4.89. The Bertz CT molecular complexity index is 151. The van der Waals surface area contributed by atoms with Crippen molar-refractivity contribution in [3.8, 4) is 0 Å². The van der Waals surface area contributed by atoms with Gasteiger partial charge in [-0.05, 0) is 6.42 Å². The Morgan fingerprint density at radius 2 is 2.18 bits per heavy atom. The van der Waals surface area contributed by atoms with Crippen LogP contribution in [0.3, 0.4) is 0 Å². The number of nitrogens with zero attached hydrogens (tertiary/aromatic N) is 1. The van der Waals surface area contributed by atoms with Crippen LogP contribution in [0.15, 0.2) is 4.99 Å². The summed E-state index contributed by atoms with van der Waals surface area (Å²) in [6.45, 7) is 2.10. The summed E-state index contributed by atoms with van der Waals surface area (Å²) in [5.74, 6) is -0.0423. The number of nitrogens with one attached hydrogen (secondary N) is 1. The molecule has 0 aliphatic carbocycles. The van der Waals surface area contributed by atoms with E-state index >= 15 is 0 Å². The SMILES string of the molecule is CCCC(=O)NCN=C(N)N. The van der Waals surface area contributed by atoms with E-state index in [1.807, 2.05) is 6.92 Å². The monoisotopic (exact) mass is 158 g/mol. The fourth-order valence-electron chi connectivity index (χ4n) is 0.534. The number of amides is 1. The molecule has 64 valence electrons. The van der Waals surface area contributed by atoms with E-state index in [-0.39, 0.29) is 18.5 Å². The molecule has 0 atom stereocenters. The predicted molar refractivity (Wildman–Crippen MR) is 43.7 cm³/mol. The van der Waals surface area contributed by atoms with Gasteiger partial charge in [-0.3, -0.25) is 4.79 Å². The van der Waals surface area contributed by atoms with E-state index in [1.54, 1.807) is 0 Å². The molecule has 11 heavy (non-hydrogen) atoms. The lowest BCUT2D eigenvalue weighted by molar-refractivity contribution is -0.121. The topological polar surface area (TPSA) is 93.5 Å². The first-order valence-corrected chi connectivity index (χ1v) is 3.49. The molecule has 0 aromatic heterocycles. The Morgan fingerprint density at radius 1 is 1.55 bits per heavy atom. The fourth-order valence-corrected chi connectivity index (χ4v) is 0.534. The summed E-state index contributed by atoms with van der Waals surface area (Å²) in [4.78, 5) is 14.3. The van der Waals surface area contributed by atoms with Gasteiger partial charge in [0.05, 0.1) is 0 Å². The molecule has 0 aliphatic heterocycles. The summed E-state index contributed by atoms with van der Waals surface area (Å²) >= 11 is 0. The minimum absolute atomic E-state index is 0.0122. The maximum absolute atomic E-state index is 10.8. The normalized spacial score (nSPS) is 8.82. The number of carbonyl (C=O) groups excluding carboxylic acids is 1. The molecule has 0 aromatic carbocycles. The molecule has 0 rings (SSSR count). The van der Waals surface area contributed by atoms with Crippen molar-refractivity contribution in [3.63, 3.8) is 0 Å². The average molecular weight is 158 g/mol. The predicted octanol–water partition coefficient (Wildman–Crippen LogP) is -0.866. The van der Waals surface area contributed by atoms with Crippen LogP contribution in [0.5, 0.6) is 0 Å². The summed E-state index contributed by atoms with van der Waals surface area (Å²) in [6, 6.07) is 0. The van der Waals surface area contributed by atoms with Crippen LogP contribution < -0.4 is 16.8 Å². The highest BCUT2D eigenvalue weighted by molar-refractivity contribution is 5.77. The number of rotatable bonds is 4. The standard InChI is InChI=1S/C6H14N4O/c1-2-3-5(11)9-4-10-6(7)8/h2-4H2,1H3,(H,9,11)(H4,7,8,10). The molecule has 5 heteroatoms. The summed E-state index contributed by atoms with van der Waals surface area (Å²) in [7, 11) is 0. The van der Waals surface area contributed by atoms with Crippen LogP contribution >= 0.6 is 0 Å². The molecular formula is C6H14N4O. The molecule has 1 amide bonds. The van der Waals surface area contributed by atoms with E-state index in [1.165, 1.54) is 0 Å². The van der Waals surface area contributed by atoms with Gasteiger partial charge in [-0.2, -0.15) is 0 Å². The van der Waals surface area contributed by atoms with Crippen molar-refractivity contribution in [2.45, 2.75) is 19.8 Å². The van der Waals surface area contributed by atoms with Gasteiger partial charge in [0.15, 0.2) is 5.96 Å². The summed E-state index contributed by atoms with van der Waals surface area (Å²) in [5, 5.41) is 2.53. The highest BCUT2D eigenvalue weighted by Crippen LogP contribution is 1.84. The molecule has 0 saturated heterocycles. The molecule has 0 aromatic rings. The van der Waals surface area contributed by atoms with E-state index in [0.29, 0.717) is 6.42 Å². The van der Waals surface area contributed by atoms with Gasteiger partial charge < -0.3 is 16.8 Å². The third kappa shape index (κ3) is 6.63. The van der Waals surface area contributed by atoms with Gasteiger partial charge in [-0.25, -0.2) is 4.99 Å². The Morgan fingerprint density at radius 3 is 2.64 bits per heavy atom. The Balaban J connectivity index is 3.39. The molecule has 0 saturated carbocycles. The number of hydrogen-bond donors (Lipinski definition) is 3. The van der Waals surface area contributed by atoms with E-state index < -0.39 is 0 Å². The maximum atomic E-state index is 10.8. The van der Waals surface area contributed by atoms with Crippen molar-refractivity contribution in [2.24, 2.45) is 16.5 Å². The summed E-state index contributed by atoms with van der Waals surface area (Å²) in [5.41, 5.74) is 10.1. The van der Waals surface area contributed by atoms with E-state index in [0.717, 1.165) is 6.42 Å². The zero-order valence-corrected chi connectivity index (χ0v) is 6.63. The zero-order valence-electron chi connectivity index (χ0n) is 6.63. The van der Waals surface area contributed by atoms with Crippen molar-refractivity contribution >= 4 is 11.9 Å². The Labute approximate surface area is 65.9 Å². The van der Waals surface area contributed by atoms with Crippen LogP contribution in [-0.2, 0) is 4.79 Å². The lowest BCUT2D eigenvalue weighted by Crippen LogP contribution is -2.28. The molecule has 0 fully saturated rings. The molecule has 0 unspecified atom stereocenters. The molecule has 0 spiro atoms. The number of nitrogens with two attached hydrogens (primary N) is 2. The first-order valence-electron chi connectivity index (χ1n) is 3.49. The minimum Gasteiger partial charge on any atom is -0.370 e. The van der Waals surface area contributed by atoms with E-state index in [4.69, 9.17) is 11.5 Å². The lowest BCUT2D eigenvalue weighted by Gasteiger charge is -1.99. The van der Waals surface area contributed by atoms with E-state index in [2.05, 4.69) is 10.3 Å². The highest BCUT2D eigenvalue weighted by atomic mass is 16.1. The molecule has 5 N–H and O–H groups in total. The third-order valence-electron chi connectivity index (χ3n) is 1.01. The van der Waals surface area contributed by atoms with Crippen LogP contribution in [0, 0.1) is 0 Å². The van der Waals surface area contributed by atoms with Crippen molar-refractivity contribution < 1.29 is 4.79 Å². The van der Waals surface area contributed by atoms with Gasteiger partial charge in [0.25, 0.3) is 0 Å². The van der Waals surface area contributed by atoms with Crippen molar-refractivity contribution in [2.75, 3.05) is 6.67 Å². The van der Waals surface area contributed by atoms with Crippen molar-refractivity contribution in [3.05, 3.63) is 0 Å². The molecule has 5 nitrogen and oxygen atoms in total. The lowest BCUT2D eigenvalue weighted by atomic mass is 10.3. The first kappa shape index (κ1) is 9.74. The average Bonchev–Trinajstić information content (AvgIpc) is 1.87. The summed E-state index contributed by atoms with van der Waals surface area (Å²) < 4.78 is 0. The van der Waals surface area contributed by atoms with Crippen LogP contribution in [0.4, 0.5) is 0 Å². The molecule has 0 bridgehead atoms. The van der Waals surface area contributed by atoms with Gasteiger partial charge in [-0.1, -0.05) is 6.92 Å². The quantitative estimate of drug-likeness (QED) is 0.367. The zero-order chi connectivity index (χ0) is 8.69. The largest absolute Gasteiger partial charge is 0.370 e. The fraction of sp³-hybridized carbons (Fsp3) is 0.667. The smallest absolute Gasteiger partial charge is 0.221 e. The van der Waals surface area contributed by atoms with Crippen molar-refractivity contribution in [1.29, 1.82) is 0 Å². The van der Waals surface area contributed by atoms with Gasteiger partial charge >= 0.3 is 0 Å². The van der Waals surface area contributed by atoms with Gasteiger partial charge in [-0.15, -0.1) is 0 Å². The number of guanidine groups is 1. The second kappa shape index (κ2) is 5.52. The third-order valence-corrected chi connectivity index (χ3v) is 1.01. The molecule has 0 aliphatic rings. The van der Waals surface area contributed by atoms with E-state index in [9.17, 15) is 4.79 Å². The maximum Gasteiger partial charge on any atom is 0.221 e. The number of hydrogen-bond acceptors (Lipinski definition) is 2. The Hall–Kier alpha value is -1.26. The van der Waals surface area contributed by atoms with Gasteiger partial charge in [0.1, 0.15) is 6.67 Å². The first-order chi connectivity index (χ1) is 5.16. The second-order valence-electron chi connectivity index (χ2n) is 2.09. The second-order valence-corrected chi connectivity index (χ2v) is 2.09. The van der Waals surface area contributed by atoms with Crippen molar-refractivity contribution in [1.82, 2.24) is 5.32 Å². The number of carbonyl (C=O) groups is 1. The van der Waals surface area contributed by atoms with Crippen LogP contribution in [0.1, 0.15) is 19.8 Å². The van der Waals surface area contributed by atoms with Gasteiger partial charge in [0.2, 0.25) is 5.91 Å². The summed E-state index contributed by atoms with van der Waals surface area (Å²) in [6.07, 6.45) is 1.34. The molecule has 0 radical (unpaired) electrons. The minimum atomic E-state index is -0.0301. The molecule has 0 heterocycles. The molecular weight excluding hydrogens is 144 g/mol. The highest BCUT2D eigenvalue weighted by Gasteiger charge is 1.95. The van der Waals surface area contributed by atoms with Gasteiger partial charge in [0, 0.05) is 6.42 Å². The number of aliphatic imine (C=N–C) groups is 1.